The van der Waals surface area contributed by atoms with Gasteiger partial charge in [-0.2, -0.15) is 0 Å². The van der Waals surface area contributed by atoms with Crippen molar-refractivity contribution < 1.29 is 23.5 Å². The molecule has 1 fully saturated rings. The van der Waals surface area contributed by atoms with Crippen molar-refractivity contribution >= 4 is 11.8 Å². The Balaban J connectivity index is 1.02. The molecule has 204 valence electrons. The van der Waals surface area contributed by atoms with E-state index in [4.69, 9.17) is 13.9 Å². The number of rotatable bonds is 7. The lowest BCUT2D eigenvalue weighted by molar-refractivity contribution is -0.148. The number of furan rings is 1. The van der Waals surface area contributed by atoms with Crippen molar-refractivity contribution in [3.63, 3.8) is 0 Å². The number of likely N-dealkylation sites (tertiary alicyclic amines) is 1. The van der Waals surface area contributed by atoms with Gasteiger partial charge in [0.15, 0.2) is 0 Å². The fourth-order valence-corrected chi connectivity index (χ4v) is 5.36. The summed E-state index contributed by atoms with van der Waals surface area (Å²) in [5, 5.41) is 2.93. The smallest absolute Gasteiger partial charge is 0.253 e. The van der Waals surface area contributed by atoms with E-state index in [1.54, 1.807) is 6.26 Å². The molecular weight excluding hydrogens is 504 g/mol. The fourth-order valence-electron chi connectivity index (χ4n) is 5.36. The van der Waals surface area contributed by atoms with Crippen LogP contribution in [0.15, 0.2) is 95.6 Å². The van der Waals surface area contributed by atoms with Gasteiger partial charge in [-0.1, -0.05) is 36.4 Å². The van der Waals surface area contributed by atoms with E-state index >= 15 is 0 Å². The lowest BCUT2D eigenvalue weighted by Crippen LogP contribution is -2.44. The second-order valence-electron chi connectivity index (χ2n) is 10.3. The van der Waals surface area contributed by atoms with Crippen molar-refractivity contribution in [1.82, 2.24) is 10.2 Å². The van der Waals surface area contributed by atoms with E-state index in [-0.39, 0.29) is 24.0 Å². The molecule has 0 aliphatic carbocycles. The molecule has 1 saturated heterocycles. The van der Waals surface area contributed by atoms with Crippen LogP contribution in [0.2, 0.25) is 0 Å². The van der Waals surface area contributed by atoms with Gasteiger partial charge in [0.1, 0.15) is 11.5 Å². The van der Waals surface area contributed by atoms with Gasteiger partial charge in [0, 0.05) is 48.7 Å². The first kappa shape index (κ1) is 25.9. The first-order chi connectivity index (χ1) is 19.6. The molecule has 1 aromatic heterocycles. The highest BCUT2D eigenvalue weighted by molar-refractivity contribution is 5.95. The van der Waals surface area contributed by atoms with Gasteiger partial charge in [-0.05, 0) is 72.5 Å². The van der Waals surface area contributed by atoms with E-state index in [2.05, 4.69) is 11.4 Å². The Morgan fingerprint density at radius 1 is 0.850 bits per heavy atom. The fraction of sp³-hybridized carbons (Fsp3) is 0.273. The molecule has 40 heavy (non-hydrogen) atoms. The van der Waals surface area contributed by atoms with E-state index in [1.165, 1.54) is 0 Å². The minimum atomic E-state index is -0.307. The molecule has 1 N–H and O–H groups in total. The highest BCUT2D eigenvalue weighted by atomic mass is 16.7. The SMILES string of the molecule is O=C(NCCc1ccco1)c1ccc(-c2ccc3c(c2)COC(C2CCN(C(=O)c4ccccc4)CC2)O3)cc1. The van der Waals surface area contributed by atoms with E-state index in [0.717, 1.165) is 46.6 Å². The van der Waals surface area contributed by atoms with Crippen LogP contribution in [-0.2, 0) is 17.8 Å². The molecule has 0 spiro atoms. The van der Waals surface area contributed by atoms with Crippen LogP contribution < -0.4 is 10.1 Å². The van der Waals surface area contributed by atoms with Gasteiger partial charge in [0.25, 0.3) is 11.8 Å². The van der Waals surface area contributed by atoms with Gasteiger partial charge in [-0.15, -0.1) is 0 Å². The van der Waals surface area contributed by atoms with Crippen molar-refractivity contribution in [2.75, 3.05) is 19.6 Å². The summed E-state index contributed by atoms with van der Waals surface area (Å²) in [6, 6.07) is 26.9. The Bertz CT molecular complexity index is 1440. The number of carbonyl (C=O) groups excluding carboxylic acids is 2. The number of hydrogen-bond acceptors (Lipinski definition) is 5. The molecule has 1 atom stereocenters. The van der Waals surface area contributed by atoms with Crippen LogP contribution in [0.25, 0.3) is 11.1 Å². The summed E-state index contributed by atoms with van der Waals surface area (Å²) < 4.78 is 17.7. The maximum absolute atomic E-state index is 12.8. The third kappa shape index (κ3) is 5.80. The van der Waals surface area contributed by atoms with E-state index < -0.39 is 0 Å². The third-order valence-corrected chi connectivity index (χ3v) is 7.66. The first-order valence-corrected chi connectivity index (χ1v) is 13.8. The molecule has 6 rings (SSSR count). The average molecular weight is 537 g/mol. The Morgan fingerprint density at radius 3 is 2.38 bits per heavy atom. The molecule has 0 bridgehead atoms. The second kappa shape index (κ2) is 11.8. The maximum Gasteiger partial charge on any atom is 0.253 e. The quantitative estimate of drug-likeness (QED) is 0.327. The van der Waals surface area contributed by atoms with Crippen molar-refractivity contribution in [2.45, 2.75) is 32.2 Å². The normalized spacial score (nSPS) is 17.1. The molecule has 7 heteroatoms. The van der Waals surface area contributed by atoms with E-state index in [0.29, 0.717) is 38.2 Å². The molecular formula is C33H32N2O5. The summed E-state index contributed by atoms with van der Waals surface area (Å²) in [4.78, 5) is 27.2. The van der Waals surface area contributed by atoms with Gasteiger partial charge in [0.05, 0.1) is 12.9 Å². The summed E-state index contributed by atoms with van der Waals surface area (Å²) >= 11 is 0. The summed E-state index contributed by atoms with van der Waals surface area (Å²) in [6.45, 7) is 2.40. The van der Waals surface area contributed by atoms with Crippen LogP contribution >= 0.6 is 0 Å². The van der Waals surface area contributed by atoms with Crippen LogP contribution in [0.5, 0.6) is 5.75 Å². The molecule has 3 heterocycles. The van der Waals surface area contributed by atoms with Gasteiger partial charge in [-0.3, -0.25) is 9.59 Å². The van der Waals surface area contributed by atoms with Gasteiger partial charge < -0.3 is 24.1 Å². The molecule has 0 radical (unpaired) electrons. The maximum atomic E-state index is 12.8. The summed E-state index contributed by atoms with van der Waals surface area (Å²) in [6.07, 6.45) is 3.68. The summed E-state index contributed by atoms with van der Waals surface area (Å²) in [5.41, 5.74) is 4.42. The highest BCUT2D eigenvalue weighted by Crippen LogP contribution is 2.35. The minimum Gasteiger partial charge on any atom is -0.469 e. The predicted molar refractivity (Wildman–Crippen MR) is 151 cm³/mol. The van der Waals surface area contributed by atoms with Crippen molar-refractivity contribution in [3.8, 4) is 16.9 Å². The molecule has 2 aliphatic heterocycles. The second-order valence-corrected chi connectivity index (χ2v) is 10.3. The zero-order valence-electron chi connectivity index (χ0n) is 22.3. The lowest BCUT2D eigenvalue weighted by Gasteiger charge is -2.37. The van der Waals surface area contributed by atoms with Crippen LogP contribution in [0.1, 0.15) is 44.9 Å². The summed E-state index contributed by atoms with van der Waals surface area (Å²) in [7, 11) is 0. The number of amides is 2. The number of piperidine rings is 1. The molecule has 4 aromatic rings. The van der Waals surface area contributed by atoms with Crippen LogP contribution in [0.4, 0.5) is 0 Å². The van der Waals surface area contributed by atoms with E-state index in [1.807, 2.05) is 83.8 Å². The lowest BCUT2D eigenvalue weighted by atomic mass is 9.94. The zero-order valence-corrected chi connectivity index (χ0v) is 22.3. The number of nitrogens with one attached hydrogen (secondary N) is 1. The van der Waals surface area contributed by atoms with Crippen LogP contribution in [-0.4, -0.2) is 42.6 Å². The Morgan fingerprint density at radius 2 is 1.62 bits per heavy atom. The zero-order chi connectivity index (χ0) is 27.3. The standard InChI is InChI=1S/C33H32N2O5/c36-31(34-17-14-29-7-4-20-38-29)24-10-8-23(9-11-24)27-12-13-30-28(21-27)22-39-33(40-30)26-15-18-35(19-16-26)32(37)25-5-2-1-3-6-25/h1-13,20-21,26,33H,14-19,22H2,(H,34,36). The largest absolute Gasteiger partial charge is 0.469 e. The van der Waals surface area contributed by atoms with Crippen LogP contribution in [0, 0.1) is 5.92 Å². The number of benzene rings is 3. The number of hydrogen-bond donors (Lipinski definition) is 1. The molecule has 2 amide bonds. The number of nitrogens with zero attached hydrogens (tertiary/aromatic N) is 1. The van der Waals surface area contributed by atoms with Crippen molar-refractivity contribution in [3.05, 3.63) is 114 Å². The van der Waals surface area contributed by atoms with E-state index in [9.17, 15) is 9.59 Å². The highest BCUT2D eigenvalue weighted by Gasteiger charge is 2.33. The molecule has 1 unspecified atom stereocenters. The molecule has 3 aromatic carbocycles. The number of ether oxygens (including phenoxy) is 2. The topological polar surface area (TPSA) is 81.0 Å². The average Bonchev–Trinajstić information content (AvgIpc) is 3.54. The monoisotopic (exact) mass is 536 g/mol. The van der Waals surface area contributed by atoms with Crippen LogP contribution in [0.3, 0.4) is 0 Å². The Kier molecular flexibility index (Phi) is 7.64. The minimum absolute atomic E-state index is 0.0844. The van der Waals surface area contributed by atoms with Gasteiger partial charge >= 0.3 is 0 Å². The summed E-state index contributed by atoms with van der Waals surface area (Å²) in [5.74, 6) is 1.91. The van der Waals surface area contributed by atoms with Crippen molar-refractivity contribution in [2.24, 2.45) is 5.92 Å². The van der Waals surface area contributed by atoms with Gasteiger partial charge in [-0.25, -0.2) is 0 Å². The van der Waals surface area contributed by atoms with Crippen molar-refractivity contribution in [1.29, 1.82) is 0 Å². The third-order valence-electron chi connectivity index (χ3n) is 7.66. The predicted octanol–water partition coefficient (Wildman–Crippen LogP) is 5.71. The molecule has 7 nitrogen and oxygen atoms in total. The molecule has 2 aliphatic rings. The number of fused-ring (bicyclic) bond motifs is 1. The molecule has 0 saturated carbocycles. The number of carbonyl (C=O) groups is 2. The Hall–Kier alpha value is -4.36. The Labute approximate surface area is 233 Å². The first-order valence-electron chi connectivity index (χ1n) is 13.8. The van der Waals surface area contributed by atoms with Gasteiger partial charge in [0.2, 0.25) is 6.29 Å².